The maximum absolute atomic E-state index is 13.3. The van der Waals surface area contributed by atoms with Gasteiger partial charge in [-0.1, -0.05) is 35.4 Å². The lowest BCUT2D eigenvalue weighted by molar-refractivity contribution is 0.255. The molecule has 0 unspecified atom stereocenters. The molecule has 4 aromatic rings. The number of benzene rings is 2. The molecule has 37 heavy (non-hydrogen) atoms. The number of hydrogen-bond acceptors (Lipinski definition) is 7. The number of rotatable bonds is 7. The van der Waals surface area contributed by atoms with Gasteiger partial charge in [0.25, 0.3) is 20.1 Å². The molecule has 2 heterocycles. The van der Waals surface area contributed by atoms with Crippen LogP contribution >= 0.6 is 0 Å². The average molecular weight is 541 g/mol. The van der Waals surface area contributed by atoms with Gasteiger partial charge in [0.05, 0.1) is 15.2 Å². The van der Waals surface area contributed by atoms with E-state index in [0.29, 0.717) is 28.8 Å². The molecule has 11 heteroatoms. The highest BCUT2D eigenvalue weighted by Crippen LogP contribution is 2.38. The molecule has 0 atom stereocenters. The highest BCUT2D eigenvalue weighted by Gasteiger charge is 2.35. The zero-order valence-electron chi connectivity index (χ0n) is 20.7. The van der Waals surface area contributed by atoms with E-state index in [9.17, 15) is 21.4 Å². The summed E-state index contributed by atoms with van der Waals surface area (Å²) in [6, 6.07) is 13.5. The Labute approximate surface area is 216 Å². The first-order valence-electron chi connectivity index (χ1n) is 11.9. The second-order valence-corrected chi connectivity index (χ2v) is 13.0. The highest BCUT2D eigenvalue weighted by molar-refractivity contribution is 7.90. The molecule has 1 saturated carbocycles. The van der Waals surface area contributed by atoms with Crippen LogP contribution in [0.3, 0.4) is 0 Å². The van der Waals surface area contributed by atoms with Crippen LogP contribution in [0.25, 0.3) is 11.0 Å². The van der Waals surface area contributed by atoms with Gasteiger partial charge < -0.3 is 4.90 Å². The van der Waals surface area contributed by atoms with E-state index in [1.54, 1.807) is 36.4 Å². The second kappa shape index (κ2) is 9.23. The van der Waals surface area contributed by atoms with Gasteiger partial charge in [-0.05, 0) is 68.9 Å². The molecule has 0 spiro atoms. The van der Waals surface area contributed by atoms with E-state index in [0.717, 1.165) is 24.0 Å². The highest BCUT2D eigenvalue weighted by atomic mass is 32.2. The topological polar surface area (TPSA) is 122 Å². The average Bonchev–Trinajstić information content (AvgIpc) is 3.25. The molecule has 0 amide bonds. The predicted octanol–water partition coefficient (Wildman–Crippen LogP) is 3.99. The molecule has 5 rings (SSSR count). The number of fused-ring (bicyclic) bond motifs is 1. The third-order valence-corrected chi connectivity index (χ3v) is 9.73. The van der Waals surface area contributed by atoms with Crippen LogP contribution in [-0.2, 0) is 26.6 Å². The predicted molar refractivity (Wildman–Crippen MR) is 141 cm³/mol. The zero-order valence-corrected chi connectivity index (χ0v) is 22.4. The summed E-state index contributed by atoms with van der Waals surface area (Å²) in [4.78, 5) is 10.9. The summed E-state index contributed by atoms with van der Waals surface area (Å²) < 4.78 is 60.9. The van der Waals surface area contributed by atoms with Gasteiger partial charge in [0.1, 0.15) is 12.1 Å². The summed E-state index contributed by atoms with van der Waals surface area (Å²) in [6.45, 7) is 3.79. The summed E-state index contributed by atoms with van der Waals surface area (Å²) >= 11 is 0. The molecule has 194 valence electrons. The monoisotopic (exact) mass is 540 g/mol. The Bertz CT molecular complexity index is 1690. The van der Waals surface area contributed by atoms with Crippen LogP contribution in [-0.4, -0.2) is 48.4 Å². The van der Waals surface area contributed by atoms with E-state index in [4.69, 9.17) is 0 Å². The molecule has 0 aliphatic heterocycles. The van der Waals surface area contributed by atoms with E-state index in [1.807, 2.05) is 31.9 Å². The van der Waals surface area contributed by atoms with Crippen molar-refractivity contribution in [3.63, 3.8) is 0 Å². The fourth-order valence-electron chi connectivity index (χ4n) is 5.00. The summed E-state index contributed by atoms with van der Waals surface area (Å²) in [6.07, 6.45) is 5.04. The Morgan fingerprint density at radius 1 is 0.973 bits per heavy atom. The van der Waals surface area contributed by atoms with Gasteiger partial charge in [0.2, 0.25) is 0 Å². The van der Waals surface area contributed by atoms with Crippen molar-refractivity contribution < 1.29 is 21.4 Å². The summed E-state index contributed by atoms with van der Waals surface area (Å²) in [5, 5.41) is 0.636. The Kier molecular flexibility index (Phi) is 6.33. The van der Waals surface area contributed by atoms with Gasteiger partial charge in [0, 0.05) is 19.3 Å². The maximum Gasteiger partial charge on any atom is 0.294 e. The largest absolute Gasteiger partial charge is 0.356 e. The molecule has 2 aromatic heterocycles. The third-order valence-electron chi connectivity index (χ3n) is 7.10. The van der Waals surface area contributed by atoms with Crippen molar-refractivity contribution >= 4 is 37.0 Å². The summed E-state index contributed by atoms with van der Waals surface area (Å²) in [5.41, 5.74) is 2.84. The summed E-state index contributed by atoms with van der Waals surface area (Å²) in [5.74, 6) is 0.888. The molecular weight excluding hydrogens is 512 g/mol. The molecular formula is C26H28N4O5S2. The standard InChI is InChI=1S/C26H28N4O5S2/c1-17-4-7-22(8-5-17)36(31,32)30-11-10-23-25(27-16-28-26(23)30)29(3)21-14-19(15-21)13-20-12-18(2)6-9-24(20)37(33,34)35/h4-12,16,19,21H,13-15H2,1-3H3,(H,33,34,35). The Morgan fingerprint density at radius 3 is 2.32 bits per heavy atom. The fraction of sp³-hybridized carbons (Fsp3) is 0.308. The van der Waals surface area contributed by atoms with Crippen molar-refractivity contribution in [2.24, 2.45) is 5.92 Å². The summed E-state index contributed by atoms with van der Waals surface area (Å²) in [7, 11) is -6.18. The lowest BCUT2D eigenvalue weighted by Crippen LogP contribution is -2.43. The SMILES string of the molecule is Cc1ccc(S(=O)(=O)n2ccc3c(N(C)C4CC(Cc5cc(C)ccc5S(=O)(=O)O)C4)ncnc32)cc1. The Morgan fingerprint density at radius 2 is 1.65 bits per heavy atom. The van der Waals surface area contributed by atoms with Crippen molar-refractivity contribution in [2.45, 2.75) is 48.9 Å². The Hall–Kier alpha value is -3.28. The minimum Gasteiger partial charge on any atom is -0.356 e. The first-order chi connectivity index (χ1) is 17.4. The van der Waals surface area contributed by atoms with E-state index < -0.39 is 20.1 Å². The van der Waals surface area contributed by atoms with Gasteiger partial charge >= 0.3 is 0 Å². The van der Waals surface area contributed by atoms with Gasteiger partial charge in [0.15, 0.2) is 5.65 Å². The first-order valence-corrected chi connectivity index (χ1v) is 14.8. The quantitative estimate of drug-likeness (QED) is 0.349. The minimum absolute atomic E-state index is 0.0384. The fourth-order valence-corrected chi connectivity index (χ4v) is 7.02. The Balaban J connectivity index is 1.36. The molecule has 0 radical (unpaired) electrons. The number of anilines is 1. The molecule has 2 aromatic carbocycles. The van der Waals surface area contributed by atoms with Crippen molar-refractivity contribution in [3.05, 3.63) is 77.7 Å². The van der Waals surface area contributed by atoms with Crippen LogP contribution in [0.5, 0.6) is 0 Å². The molecule has 0 saturated heterocycles. The molecule has 9 nitrogen and oxygen atoms in total. The minimum atomic E-state index is -4.29. The van der Waals surface area contributed by atoms with Crippen LogP contribution in [0, 0.1) is 19.8 Å². The third kappa shape index (κ3) is 4.74. The van der Waals surface area contributed by atoms with Crippen molar-refractivity contribution in [1.82, 2.24) is 13.9 Å². The van der Waals surface area contributed by atoms with E-state index in [2.05, 4.69) is 9.97 Å². The normalized spacial score (nSPS) is 18.1. The molecule has 1 aliphatic rings. The molecule has 0 bridgehead atoms. The van der Waals surface area contributed by atoms with Gasteiger partial charge in [-0.15, -0.1) is 0 Å². The van der Waals surface area contributed by atoms with Gasteiger partial charge in [-0.25, -0.2) is 22.4 Å². The van der Waals surface area contributed by atoms with Gasteiger partial charge in [-0.3, -0.25) is 4.55 Å². The van der Waals surface area contributed by atoms with Crippen LogP contribution in [0.15, 0.2) is 70.8 Å². The van der Waals surface area contributed by atoms with Crippen molar-refractivity contribution in [1.29, 1.82) is 0 Å². The van der Waals surface area contributed by atoms with Crippen molar-refractivity contribution in [2.75, 3.05) is 11.9 Å². The van der Waals surface area contributed by atoms with Gasteiger partial charge in [-0.2, -0.15) is 8.42 Å². The lowest BCUT2D eigenvalue weighted by atomic mass is 9.76. The molecule has 1 N–H and O–H groups in total. The molecule has 1 fully saturated rings. The van der Waals surface area contributed by atoms with Crippen LogP contribution in [0.4, 0.5) is 5.82 Å². The smallest absolute Gasteiger partial charge is 0.294 e. The molecule has 1 aliphatic carbocycles. The lowest BCUT2D eigenvalue weighted by Gasteiger charge is -2.42. The number of hydrogen-bond donors (Lipinski definition) is 1. The number of aromatic nitrogens is 3. The number of nitrogens with zero attached hydrogens (tertiary/aromatic N) is 4. The van der Waals surface area contributed by atoms with E-state index in [1.165, 1.54) is 22.6 Å². The first kappa shape index (κ1) is 25.4. The number of aryl methyl sites for hydroxylation is 2. The zero-order chi connectivity index (χ0) is 26.5. The van der Waals surface area contributed by atoms with Crippen molar-refractivity contribution in [3.8, 4) is 0 Å². The van der Waals surface area contributed by atoms with E-state index >= 15 is 0 Å². The van der Waals surface area contributed by atoms with E-state index in [-0.39, 0.29) is 21.8 Å². The van der Waals surface area contributed by atoms with Crippen LogP contribution in [0.1, 0.15) is 29.5 Å². The second-order valence-electron chi connectivity index (χ2n) is 9.76. The van der Waals surface area contributed by atoms with Crippen LogP contribution in [0.2, 0.25) is 0 Å². The maximum atomic E-state index is 13.3. The van der Waals surface area contributed by atoms with Crippen LogP contribution < -0.4 is 4.90 Å².